The predicted octanol–water partition coefficient (Wildman–Crippen LogP) is 4.29. The minimum atomic E-state index is -0.515. The van der Waals surface area contributed by atoms with E-state index in [1.165, 1.54) is 0 Å². The zero-order chi connectivity index (χ0) is 22.2. The topological polar surface area (TPSA) is 98.3 Å². The molecule has 1 amide bonds. The Kier molecular flexibility index (Phi) is 5.70. The van der Waals surface area contributed by atoms with Gasteiger partial charge in [0.05, 0.1) is 11.7 Å². The second kappa shape index (κ2) is 8.30. The third kappa shape index (κ3) is 4.87. The summed E-state index contributed by atoms with van der Waals surface area (Å²) in [4.78, 5) is 16.6. The van der Waals surface area contributed by atoms with Gasteiger partial charge < -0.3 is 9.26 Å². The molecular weight excluding hydrogens is 396 g/mol. The predicted molar refractivity (Wildman–Crippen MR) is 116 cm³/mol. The molecule has 0 atom stereocenters. The molecule has 1 saturated heterocycles. The van der Waals surface area contributed by atoms with Gasteiger partial charge in [0.1, 0.15) is 5.60 Å². The van der Waals surface area contributed by atoms with E-state index in [0.717, 1.165) is 29.3 Å². The van der Waals surface area contributed by atoms with Gasteiger partial charge in [0.15, 0.2) is 0 Å². The van der Waals surface area contributed by atoms with Crippen LogP contribution in [0.15, 0.2) is 28.9 Å². The lowest BCUT2D eigenvalue weighted by Crippen LogP contribution is -2.48. The number of fused-ring (bicyclic) bond motifs is 1. The van der Waals surface area contributed by atoms with Crippen LogP contribution in [0.5, 0.6) is 0 Å². The standard InChI is InChI=1S/C22H30N6O3/c1-14(2)28-18-12-16(6-7-17(18)13-23-28)19-24-20(31-26-19)15-8-10-27(11-9-15)25-21(29)30-22(3,4)5/h6-7,12-15H,8-11H2,1-5H3,(H,25,29). The average molecular weight is 427 g/mol. The molecule has 3 heterocycles. The van der Waals surface area contributed by atoms with Gasteiger partial charge >= 0.3 is 6.09 Å². The molecular formula is C22H30N6O3. The summed E-state index contributed by atoms with van der Waals surface area (Å²) in [5, 5.41) is 11.6. The normalized spacial score (nSPS) is 16.2. The number of amides is 1. The number of benzene rings is 1. The number of nitrogens with zero attached hydrogens (tertiary/aromatic N) is 5. The first kappa shape index (κ1) is 21.3. The molecule has 0 radical (unpaired) electrons. The molecule has 1 aliphatic heterocycles. The maximum Gasteiger partial charge on any atom is 0.422 e. The first-order valence-electron chi connectivity index (χ1n) is 10.8. The second-order valence-corrected chi connectivity index (χ2v) is 9.29. The lowest BCUT2D eigenvalue weighted by atomic mass is 9.98. The highest BCUT2D eigenvalue weighted by Crippen LogP contribution is 2.29. The molecule has 0 bridgehead atoms. The van der Waals surface area contributed by atoms with Crippen molar-refractivity contribution >= 4 is 17.0 Å². The quantitative estimate of drug-likeness (QED) is 0.664. The van der Waals surface area contributed by atoms with Crippen LogP contribution in [-0.4, -0.2) is 49.7 Å². The number of rotatable bonds is 4. The van der Waals surface area contributed by atoms with Gasteiger partial charge in [-0.05, 0) is 53.5 Å². The fourth-order valence-corrected chi connectivity index (χ4v) is 3.77. The van der Waals surface area contributed by atoms with Crippen molar-refractivity contribution in [2.45, 2.75) is 65.0 Å². The SMILES string of the molecule is CC(C)n1ncc2ccc(-c3noc(C4CCN(NC(=O)OC(C)(C)C)CC4)n3)cc21. The Morgan fingerprint density at radius 2 is 2.00 bits per heavy atom. The van der Waals surface area contributed by atoms with Gasteiger partial charge in [-0.1, -0.05) is 17.3 Å². The highest BCUT2D eigenvalue weighted by atomic mass is 16.6. The summed E-state index contributed by atoms with van der Waals surface area (Å²) >= 11 is 0. The largest absolute Gasteiger partial charge is 0.443 e. The van der Waals surface area contributed by atoms with Crippen molar-refractivity contribution in [1.29, 1.82) is 0 Å². The van der Waals surface area contributed by atoms with E-state index in [9.17, 15) is 4.79 Å². The zero-order valence-corrected chi connectivity index (χ0v) is 18.8. The first-order chi connectivity index (χ1) is 14.7. The third-order valence-corrected chi connectivity index (χ3v) is 5.28. The van der Waals surface area contributed by atoms with Crippen molar-refractivity contribution in [3.05, 3.63) is 30.3 Å². The Hall–Kier alpha value is -2.94. The van der Waals surface area contributed by atoms with Gasteiger partial charge in [-0.3, -0.25) is 10.1 Å². The Morgan fingerprint density at radius 3 is 2.68 bits per heavy atom. The Labute approximate surface area is 181 Å². The summed E-state index contributed by atoms with van der Waals surface area (Å²) in [7, 11) is 0. The molecule has 166 valence electrons. The molecule has 0 spiro atoms. The van der Waals surface area contributed by atoms with Gasteiger partial charge in [-0.2, -0.15) is 10.1 Å². The molecule has 9 nitrogen and oxygen atoms in total. The molecule has 31 heavy (non-hydrogen) atoms. The van der Waals surface area contributed by atoms with E-state index in [2.05, 4.69) is 40.6 Å². The molecule has 2 aromatic heterocycles. The number of carbonyl (C=O) groups is 1. The number of nitrogens with one attached hydrogen (secondary N) is 1. The lowest BCUT2D eigenvalue weighted by molar-refractivity contribution is 0.0280. The van der Waals surface area contributed by atoms with Crippen molar-refractivity contribution in [3.63, 3.8) is 0 Å². The molecule has 1 aromatic carbocycles. The molecule has 1 fully saturated rings. The van der Waals surface area contributed by atoms with Crippen molar-refractivity contribution in [2.24, 2.45) is 0 Å². The number of aromatic nitrogens is 4. The van der Waals surface area contributed by atoms with Gasteiger partial charge in [0.2, 0.25) is 11.7 Å². The van der Waals surface area contributed by atoms with Crippen LogP contribution in [0.1, 0.15) is 65.3 Å². The van der Waals surface area contributed by atoms with E-state index in [-0.39, 0.29) is 12.0 Å². The van der Waals surface area contributed by atoms with Crippen LogP contribution in [0, 0.1) is 0 Å². The number of carbonyl (C=O) groups excluding carboxylic acids is 1. The Morgan fingerprint density at radius 1 is 1.26 bits per heavy atom. The van der Waals surface area contributed by atoms with Crippen molar-refractivity contribution in [3.8, 4) is 11.4 Å². The zero-order valence-electron chi connectivity index (χ0n) is 18.8. The van der Waals surface area contributed by atoms with Crippen molar-refractivity contribution in [1.82, 2.24) is 30.4 Å². The van der Waals surface area contributed by atoms with Gasteiger partial charge in [0, 0.05) is 36.0 Å². The van der Waals surface area contributed by atoms with Crippen LogP contribution in [0.25, 0.3) is 22.3 Å². The minimum absolute atomic E-state index is 0.169. The van der Waals surface area contributed by atoms with Crippen molar-refractivity contribution in [2.75, 3.05) is 13.1 Å². The molecule has 4 rings (SSSR count). The second-order valence-electron chi connectivity index (χ2n) is 9.29. The number of ether oxygens (including phenoxy) is 1. The monoisotopic (exact) mass is 426 g/mol. The molecule has 0 saturated carbocycles. The molecule has 9 heteroatoms. The number of hydrogen-bond acceptors (Lipinski definition) is 7. The summed E-state index contributed by atoms with van der Waals surface area (Å²) in [5.41, 5.74) is 4.26. The van der Waals surface area contributed by atoms with E-state index >= 15 is 0 Å². The van der Waals surface area contributed by atoms with E-state index in [4.69, 9.17) is 9.26 Å². The summed E-state index contributed by atoms with van der Waals surface area (Å²) in [6.07, 6.45) is 3.08. The van der Waals surface area contributed by atoms with Crippen LogP contribution in [0.3, 0.4) is 0 Å². The number of hydrogen-bond donors (Lipinski definition) is 1. The minimum Gasteiger partial charge on any atom is -0.443 e. The first-order valence-corrected chi connectivity index (χ1v) is 10.8. The van der Waals surface area contributed by atoms with E-state index in [0.29, 0.717) is 24.8 Å². The van der Waals surface area contributed by atoms with Crippen LogP contribution < -0.4 is 5.43 Å². The van der Waals surface area contributed by atoms with E-state index in [1.807, 2.05) is 48.8 Å². The molecule has 1 aliphatic rings. The maximum absolute atomic E-state index is 12.0. The Balaban J connectivity index is 1.40. The average Bonchev–Trinajstić information content (AvgIpc) is 3.34. The lowest BCUT2D eigenvalue weighted by Gasteiger charge is -2.31. The summed E-state index contributed by atoms with van der Waals surface area (Å²) in [5.74, 6) is 1.40. The number of hydrazine groups is 1. The molecule has 1 N–H and O–H groups in total. The maximum atomic E-state index is 12.0. The van der Waals surface area contributed by atoms with Gasteiger partial charge in [0.25, 0.3) is 0 Å². The smallest absolute Gasteiger partial charge is 0.422 e. The van der Waals surface area contributed by atoms with Crippen LogP contribution >= 0.6 is 0 Å². The van der Waals surface area contributed by atoms with E-state index < -0.39 is 11.7 Å². The fraction of sp³-hybridized carbons (Fsp3) is 0.545. The summed E-state index contributed by atoms with van der Waals surface area (Å²) in [6, 6.07) is 6.36. The van der Waals surface area contributed by atoms with E-state index in [1.54, 1.807) is 0 Å². The summed E-state index contributed by atoms with van der Waals surface area (Å²) in [6.45, 7) is 11.1. The fourth-order valence-electron chi connectivity index (χ4n) is 3.77. The van der Waals surface area contributed by atoms with Crippen LogP contribution in [-0.2, 0) is 4.74 Å². The van der Waals surface area contributed by atoms with Crippen molar-refractivity contribution < 1.29 is 14.1 Å². The summed E-state index contributed by atoms with van der Waals surface area (Å²) < 4.78 is 12.9. The molecule has 0 aliphatic carbocycles. The highest BCUT2D eigenvalue weighted by Gasteiger charge is 2.27. The number of piperidine rings is 1. The highest BCUT2D eigenvalue weighted by molar-refractivity contribution is 5.83. The molecule has 0 unspecified atom stereocenters. The van der Waals surface area contributed by atoms with Crippen LogP contribution in [0.4, 0.5) is 4.79 Å². The third-order valence-electron chi connectivity index (χ3n) is 5.28. The molecule has 3 aromatic rings. The van der Waals surface area contributed by atoms with Gasteiger partial charge in [-0.15, -0.1) is 0 Å². The Bertz CT molecular complexity index is 1060. The van der Waals surface area contributed by atoms with Crippen LogP contribution in [0.2, 0.25) is 0 Å². The van der Waals surface area contributed by atoms with Gasteiger partial charge in [-0.25, -0.2) is 9.80 Å².